The van der Waals surface area contributed by atoms with Crippen molar-refractivity contribution in [1.82, 2.24) is 0 Å². The van der Waals surface area contributed by atoms with Gasteiger partial charge in [0.1, 0.15) is 5.75 Å². The second-order valence-electron chi connectivity index (χ2n) is 6.27. The second-order valence-corrected chi connectivity index (χ2v) is 6.27. The summed E-state index contributed by atoms with van der Waals surface area (Å²) >= 11 is 0. The lowest BCUT2D eigenvalue weighted by atomic mass is 10.1. The van der Waals surface area contributed by atoms with Crippen molar-refractivity contribution in [2.75, 3.05) is 36.5 Å². The highest BCUT2D eigenvalue weighted by molar-refractivity contribution is 6.19. The van der Waals surface area contributed by atoms with Gasteiger partial charge in [-0.25, -0.2) is 0 Å². The molecule has 2 heterocycles. The molecule has 0 saturated heterocycles. The highest BCUT2D eigenvalue weighted by atomic mass is 16.5. The predicted molar refractivity (Wildman–Crippen MR) is 100.0 cm³/mol. The summed E-state index contributed by atoms with van der Waals surface area (Å²) in [5.74, 6) is 1.73. The minimum atomic E-state index is 0.0752. The first-order chi connectivity index (χ1) is 12.3. The predicted octanol–water partition coefficient (Wildman–Crippen LogP) is 3.35. The van der Waals surface area contributed by atoms with Crippen molar-refractivity contribution in [3.8, 4) is 5.75 Å². The standard InChI is InChI=1S/C20H21N3O2/c1-25-16-10-8-15(9-11-16)19(24)14-23-18-7-3-2-6-17(18)22-13-5-4-12-21-20(22)23/h2-3,6-11H,4-5,12-14H2,1H3. The Morgan fingerprint density at radius 1 is 1.08 bits per heavy atom. The molecule has 25 heavy (non-hydrogen) atoms. The maximum absolute atomic E-state index is 12.8. The van der Waals surface area contributed by atoms with E-state index < -0.39 is 0 Å². The summed E-state index contributed by atoms with van der Waals surface area (Å²) in [6, 6.07) is 15.5. The molecular formula is C20H21N3O2. The molecule has 5 heteroatoms. The fourth-order valence-electron chi connectivity index (χ4n) is 3.40. The zero-order valence-corrected chi connectivity index (χ0v) is 14.3. The highest BCUT2D eigenvalue weighted by Gasteiger charge is 2.34. The van der Waals surface area contributed by atoms with Crippen molar-refractivity contribution in [2.24, 2.45) is 4.99 Å². The average molecular weight is 335 g/mol. The zero-order chi connectivity index (χ0) is 17.2. The topological polar surface area (TPSA) is 45.1 Å². The number of hydrogen-bond donors (Lipinski definition) is 0. The first-order valence-electron chi connectivity index (χ1n) is 8.64. The smallest absolute Gasteiger partial charge is 0.206 e. The number of Topliss-reactive ketones (excluding diaryl/α,β-unsaturated/α-hetero) is 1. The van der Waals surface area contributed by atoms with E-state index >= 15 is 0 Å². The van der Waals surface area contributed by atoms with Crippen LogP contribution in [0.3, 0.4) is 0 Å². The minimum Gasteiger partial charge on any atom is -0.497 e. The van der Waals surface area contributed by atoms with Crippen LogP contribution in [0.15, 0.2) is 53.5 Å². The van der Waals surface area contributed by atoms with Crippen LogP contribution in [0.2, 0.25) is 0 Å². The fourth-order valence-corrected chi connectivity index (χ4v) is 3.40. The van der Waals surface area contributed by atoms with Gasteiger partial charge in [0.05, 0.1) is 25.0 Å². The van der Waals surface area contributed by atoms with Gasteiger partial charge in [-0.2, -0.15) is 0 Å². The molecule has 2 aliphatic heterocycles. The summed E-state index contributed by atoms with van der Waals surface area (Å²) in [6.07, 6.45) is 2.20. The molecule has 2 aliphatic rings. The van der Waals surface area contributed by atoms with Crippen LogP contribution in [-0.2, 0) is 0 Å². The lowest BCUT2D eigenvalue weighted by molar-refractivity contribution is 0.100. The molecule has 0 N–H and O–H groups in total. The largest absolute Gasteiger partial charge is 0.497 e. The molecular weight excluding hydrogens is 314 g/mol. The number of aliphatic imine (C=N–C) groups is 1. The molecule has 4 rings (SSSR count). The van der Waals surface area contributed by atoms with Crippen molar-refractivity contribution >= 4 is 23.1 Å². The van der Waals surface area contributed by atoms with Gasteiger partial charge in [-0.15, -0.1) is 0 Å². The van der Waals surface area contributed by atoms with Crippen molar-refractivity contribution < 1.29 is 9.53 Å². The van der Waals surface area contributed by atoms with Crippen molar-refractivity contribution in [2.45, 2.75) is 12.8 Å². The molecule has 0 amide bonds. The van der Waals surface area contributed by atoms with E-state index in [1.807, 2.05) is 41.3 Å². The Bertz CT molecular complexity index is 814. The van der Waals surface area contributed by atoms with E-state index in [2.05, 4.69) is 17.0 Å². The summed E-state index contributed by atoms with van der Waals surface area (Å²) in [5.41, 5.74) is 2.89. The number of hydrogen-bond acceptors (Lipinski definition) is 5. The Morgan fingerprint density at radius 2 is 1.84 bits per heavy atom. The van der Waals surface area contributed by atoms with Crippen LogP contribution in [0.4, 0.5) is 11.4 Å². The summed E-state index contributed by atoms with van der Waals surface area (Å²) in [4.78, 5) is 21.9. The molecule has 0 aromatic heterocycles. The molecule has 128 valence electrons. The van der Waals surface area contributed by atoms with Crippen LogP contribution in [0.1, 0.15) is 23.2 Å². The van der Waals surface area contributed by atoms with Crippen LogP contribution in [-0.4, -0.2) is 38.5 Å². The van der Waals surface area contributed by atoms with Crippen molar-refractivity contribution in [3.05, 3.63) is 54.1 Å². The molecule has 0 aliphatic carbocycles. The summed E-state index contributed by atoms with van der Waals surface area (Å²) in [5, 5.41) is 0. The number of fused-ring (bicyclic) bond motifs is 3. The third kappa shape index (κ3) is 2.86. The van der Waals surface area contributed by atoms with E-state index in [9.17, 15) is 4.79 Å². The molecule has 0 atom stereocenters. The van der Waals surface area contributed by atoms with Gasteiger partial charge in [-0.3, -0.25) is 9.79 Å². The molecule has 0 fully saturated rings. The number of ether oxygens (including phenoxy) is 1. The maximum Gasteiger partial charge on any atom is 0.206 e. The monoisotopic (exact) mass is 335 g/mol. The SMILES string of the molecule is COc1ccc(C(=O)CN2C3=NCCCCN3c3ccccc32)cc1. The van der Waals surface area contributed by atoms with Crippen LogP contribution in [0.25, 0.3) is 0 Å². The maximum atomic E-state index is 12.8. The zero-order valence-electron chi connectivity index (χ0n) is 14.3. The molecule has 2 aromatic carbocycles. The molecule has 0 radical (unpaired) electrons. The number of guanidine groups is 1. The van der Waals surface area contributed by atoms with E-state index in [0.29, 0.717) is 12.1 Å². The van der Waals surface area contributed by atoms with Gasteiger partial charge in [0.2, 0.25) is 5.96 Å². The van der Waals surface area contributed by atoms with Gasteiger partial charge >= 0.3 is 0 Å². The number of rotatable bonds is 4. The van der Waals surface area contributed by atoms with E-state index in [1.165, 1.54) is 0 Å². The average Bonchev–Trinajstić information content (AvgIpc) is 2.81. The van der Waals surface area contributed by atoms with Crippen LogP contribution < -0.4 is 14.5 Å². The number of nitrogens with zero attached hydrogens (tertiary/aromatic N) is 3. The third-order valence-electron chi connectivity index (χ3n) is 4.70. The molecule has 0 bridgehead atoms. The Labute approximate surface area is 147 Å². The van der Waals surface area contributed by atoms with Gasteiger partial charge in [0.15, 0.2) is 5.78 Å². The Balaban J connectivity index is 1.63. The van der Waals surface area contributed by atoms with E-state index in [0.717, 1.165) is 49.0 Å². The Kier molecular flexibility index (Phi) is 4.14. The molecule has 0 saturated carbocycles. The number of para-hydroxylation sites is 2. The molecule has 2 aromatic rings. The first-order valence-corrected chi connectivity index (χ1v) is 8.64. The minimum absolute atomic E-state index is 0.0752. The highest BCUT2D eigenvalue weighted by Crippen LogP contribution is 2.38. The second kappa shape index (κ2) is 6.59. The summed E-state index contributed by atoms with van der Waals surface area (Å²) in [7, 11) is 1.62. The van der Waals surface area contributed by atoms with Gasteiger partial charge < -0.3 is 14.5 Å². The Morgan fingerprint density at radius 3 is 2.60 bits per heavy atom. The van der Waals surface area contributed by atoms with Crippen molar-refractivity contribution in [1.29, 1.82) is 0 Å². The molecule has 5 nitrogen and oxygen atoms in total. The lowest BCUT2D eigenvalue weighted by Crippen LogP contribution is -2.41. The van der Waals surface area contributed by atoms with E-state index in [1.54, 1.807) is 7.11 Å². The molecule has 0 spiro atoms. The Hall–Kier alpha value is -2.82. The normalized spacial score (nSPS) is 16.0. The number of anilines is 2. The van der Waals surface area contributed by atoms with Crippen molar-refractivity contribution in [3.63, 3.8) is 0 Å². The fraction of sp³-hybridized carbons (Fsp3) is 0.300. The van der Waals surface area contributed by atoms with Crippen LogP contribution >= 0.6 is 0 Å². The number of benzene rings is 2. The molecule has 0 unspecified atom stereocenters. The van der Waals surface area contributed by atoms with Gasteiger partial charge in [-0.05, 0) is 49.2 Å². The quantitative estimate of drug-likeness (QED) is 0.804. The van der Waals surface area contributed by atoms with Gasteiger partial charge in [-0.1, -0.05) is 12.1 Å². The van der Waals surface area contributed by atoms with E-state index in [-0.39, 0.29) is 5.78 Å². The third-order valence-corrected chi connectivity index (χ3v) is 4.70. The first kappa shape index (κ1) is 15.7. The number of ketones is 1. The number of carbonyl (C=O) groups is 1. The lowest BCUT2D eigenvalue weighted by Gasteiger charge is -2.22. The summed E-state index contributed by atoms with van der Waals surface area (Å²) < 4.78 is 5.17. The summed E-state index contributed by atoms with van der Waals surface area (Å²) in [6.45, 7) is 2.05. The number of methoxy groups -OCH3 is 1. The van der Waals surface area contributed by atoms with Crippen LogP contribution in [0, 0.1) is 0 Å². The number of carbonyl (C=O) groups excluding carboxylic acids is 1. The van der Waals surface area contributed by atoms with Gasteiger partial charge in [0.25, 0.3) is 0 Å². The van der Waals surface area contributed by atoms with Crippen LogP contribution in [0.5, 0.6) is 5.75 Å². The van der Waals surface area contributed by atoms with Gasteiger partial charge in [0, 0.05) is 18.7 Å². The van der Waals surface area contributed by atoms with E-state index in [4.69, 9.17) is 9.73 Å².